The van der Waals surface area contributed by atoms with Gasteiger partial charge in [0.15, 0.2) is 0 Å². The van der Waals surface area contributed by atoms with E-state index < -0.39 is 11.9 Å². The minimum absolute atomic E-state index is 0.0419. The van der Waals surface area contributed by atoms with Gasteiger partial charge in [-0.2, -0.15) is 0 Å². The van der Waals surface area contributed by atoms with Crippen LogP contribution in [-0.2, 0) is 20.9 Å². The number of hydrogen-bond acceptors (Lipinski definition) is 7. The molecule has 1 fully saturated rings. The summed E-state index contributed by atoms with van der Waals surface area (Å²) in [5.74, 6) is -0.823. The lowest BCUT2D eigenvalue weighted by molar-refractivity contribution is -0.117. The van der Waals surface area contributed by atoms with Crippen molar-refractivity contribution in [3.63, 3.8) is 0 Å². The van der Waals surface area contributed by atoms with E-state index in [4.69, 9.17) is 9.15 Å². The van der Waals surface area contributed by atoms with Gasteiger partial charge in [0.05, 0.1) is 24.0 Å². The zero-order valence-electron chi connectivity index (χ0n) is 14.7. The average Bonchev–Trinajstić information content (AvgIpc) is 3.35. The molecule has 1 aromatic heterocycles. The lowest BCUT2D eigenvalue weighted by atomic mass is 10.1. The predicted molar refractivity (Wildman–Crippen MR) is 94.6 cm³/mol. The number of nitrogens with one attached hydrogen (secondary N) is 1. The molecule has 0 aliphatic carbocycles. The molecular formula is C19H18N2O6. The van der Waals surface area contributed by atoms with Crippen molar-refractivity contribution in [2.75, 3.05) is 23.9 Å². The molecule has 1 saturated heterocycles. The van der Waals surface area contributed by atoms with Crippen molar-refractivity contribution in [1.29, 1.82) is 0 Å². The summed E-state index contributed by atoms with van der Waals surface area (Å²) in [5, 5.41) is 2.86. The molecule has 1 atom stereocenters. The number of rotatable bonds is 4. The Hall–Kier alpha value is -3.29. The number of hydrogen-bond donors (Lipinski definition) is 1. The molecule has 1 N–H and O–H groups in total. The third-order valence-electron chi connectivity index (χ3n) is 4.75. The van der Waals surface area contributed by atoms with Crippen LogP contribution in [0.15, 0.2) is 34.7 Å². The molecule has 2 aromatic rings. The van der Waals surface area contributed by atoms with Crippen LogP contribution in [0.25, 0.3) is 0 Å². The molecule has 1 amide bonds. The van der Waals surface area contributed by atoms with Crippen LogP contribution in [0.2, 0.25) is 0 Å². The van der Waals surface area contributed by atoms with Crippen molar-refractivity contribution in [3.8, 4) is 0 Å². The number of furan rings is 1. The minimum Gasteiger partial charge on any atom is -0.463 e. The van der Waals surface area contributed by atoms with Crippen molar-refractivity contribution in [2.45, 2.75) is 25.5 Å². The number of carbonyl (C=O) groups excluding carboxylic acids is 3. The van der Waals surface area contributed by atoms with E-state index in [2.05, 4.69) is 15.0 Å². The molecule has 8 nitrogen and oxygen atoms in total. The van der Waals surface area contributed by atoms with Gasteiger partial charge in [-0.25, -0.2) is 9.59 Å². The van der Waals surface area contributed by atoms with Crippen LogP contribution >= 0.6 is 0 Å². The standard InChI is InChI=1S/C19H18N2O6/c1-25-19(24)16-7-5-12(27-16)10-26-18(23)11-4-6-14-13(9-11)20-17(22)15-3-2-8-21(14)15/h4-7,9,15H,2-3,8,10H2,1H3,(H,20,22)/t15-/m0/s1. The molecule has 1 aromatic carbocycles. The minimum atomic E-state index is -0.599. The highest BCUT2D eigenvalue weighted by atomic mass is 16.5. The Morgan fingerprint density at radius 3 is 2.93 bits per heavy atom. The quantitative estimate of drug-likeness (QED) is 0.825. The first-order chi connectivity index (χ1) is 13.1. The van der Waals surface area contributed by atoms with Crippen LogP contribution in [-0.4, -0.2) is 37.5 Å². The van der Waals surface area contributed by atoms with Gasteiger partial charge in [0.2, 0.25) is 11.7 Å². The van der Waals surface area contributed by atoms with Gasteiger partial charge in [0, 0.05) is 6.54 Å². The maximum atomic E-state index is 12.3. The summed E-state index contributed by atoms with van der Waals surface area (Å²) in [6.45, 7) is 0.712. The van der Waals surface area contributed by atoms with Gasteiger partial charge in [-0.1, -0.05) is 0 Å². The van der Waals surface area contributed by atoms with Gasteiger partial charge in [-0.05, 0) is 43.2 Å². The molecule has 0 bridgehead atoms. The highest BCUT2D eigenvalue weighted by Crippen LogP contribution is 2.37. The number of benzene rings is 1. The summed E-state index contributed by atoms with van der Waals surface area (Å²) in [6, 6.07) is 7.99. The Balaban J connectivity index is 1.45. The third-order valence-corrected chi connectivity index (χ3v) is 4.75. The summed E-state index contributed by atoms with van der Waals surface area (Å²) in [4.78, 5) is 38.0. The van der Waals surface area contributed by atoms with E-state index in [0.717, 1.165) is 25.1 Å². The fourth-order valence-corrected chi connectivity index (χ4v) is 3.44. The zero-order chi connectivity index (χ0) is 19.0. The third kappa shape index (κ3) is 3.14. The number of methoxy groups -OCH3 is 1. The molecule has 2 aliphatic rings. The van der Waals surface area contributed by atoms with Crippen molar-refractivity contribution >= 4 is 29.2 Å². The van der Waals surface area contributed by atoms with Crippen LogP contribution < -0.4 is 10.2 Å². The molecule has 8 heteroatoms. The number of carbonyl (C=O) groups is 3. The second kappa shape index (κ2) is 6.79. The molecule has 2 aliphatic heterocycles. The smallest absolute Gasteiger partial charge is 0.373 e. The molecular weight excluding hydrogens is 352 g/mol. The highest BCUT2D eigenvalue weighted by Gasteiger charge is 2.36. The first-order valence-electron chi connectivity index (χ1n) is 8.62. The van der Waals surface area contributed by atoms with E-state index >= 15 is 0 Å². The highest BCUT2D eigenvalue weighted by molar-refractivity contribution is 6.05. The van der Waals surface area contributed by atoms with Crippen molar-refractivity contribution in [3.05, 3.63) is 47.4 Å². The fourth-order valence-electron chi connectivity index (χ4n) is 3.44. The number of fused-ring (bicyclic) bond motifs is 3. The average molecular weight is 370 g/mol. The normalized spacial score (nSPS) is 17.7. The molecule has 0 spiro atoms. The van der Waals surface area contributed by atoms with Gasteiger partial charge in [-0.3, -0.25) is 4.79 Å². The predicted octanol–water partition coefficient (Wildman–Crippen LogP) is 2.34. The number of amides is 1. The lowest BCUT2D eigenvalue weighted by Crippen LogP contribution is -2.43. The maximum absolute atomic E-state index is 12.3. The Morgan fingerprint density at radius 2 is 2.11 bits per heavy atom. The number of ether oxygens (including phenoxy) is 2. The van der Waals surface area contributed by atoms with E-state index in [9.17, 15) is 14.4 Å². The first kappa shape index (κ1) is 17.1. The topological polar surface area (TPSA) is 98.1 Å². The Kier molecular flexibility index (Phi) is 4.31. The van der Waals surface area contributed by atoms with Crippen LogP contribution in [0.5, 0.6) is 0 Å². The van der Waals surface area contributed by atoms with Crippen molar-refractivity contribution in [1.82, 2.24) is 0 Å². The van der Waals surface area contributed by atoms with Gasteiger partial charge in [0.25, 0.3) is 0 Å². The van der Waals surface area contributed by atoms with E-state index in [1.807, 2.05) is 6.07 Å². The van der Waals surface area contributed by atoms with Gasteiger partial charge in [-0.15, -0.1) is 0 Å². The van der Waals surface area contributed by atoms with Crippen molar-refractivity contribution in [2.24, 2.45) is 0 Å². The van der Waals surface area contributed by atoms with E-state index in [0.29, 0.717) is 17.0 Å². The Bertz CT molecular complexity index is 919. The SMILES string of the molecule is COC(=O)c1ccc(COC(=O)c2ccc3c(c2)NC(=O)[C@@H]2CCCN32)o1. The molecule has 27 heavy (non-hydrogen) atoms. The van der Waals surface area contributed by atoms with Crippen LogP contribution in [0.1, 0.15) is 39.5 Å². The lowest BCUT2D eigenvalue weighted by Gasteiger charge is -2.33. The maximum Gasteiger partial charge on any atom is 0.373 e. The monoisotopic (exact) mass is 370 g/mol. The van der Waals surface area contributed by atoms with Crippen LogP contribution in [0.4, 0.5) is 11.4 Å². The molecule has 0 radical (unpaired) electrons. The van der Waals surface area contributed by atoms with Gasteiger partial charge in [0.1, 0.15) is 18.4 Å². The largest absolute Gasteiger partial charge is 0.463 e. The number of esters is 2. The van der Waals surface area contributed by atoms with Crippen LogP contribution in [0.3, 0.4) is 0 Å². The van der Waals surface area contributed by atoms with Gasteiger partial charge < -0.3 is 24.1 Å². The Morgan fingerprint density at radius 1 is 1.26 bits per heavy atom. The van der Waals surface area contributed by atoms with E-state index in [1.165, 1.54) is 13.2 Å². The molecule has 4 rings (SSSR count). The number of anilines is 2. The van der Waals surface area contributed by atoms with Crippen LogP contribution in [0, 0.1) is 0 Å². The van der Waals surface area contributed by atoms with E-state index in [1.54, 1.807) is 18.2 Å². The summed E-state index contributed by atoms with van der Waals surface area (Å²) in [6.07, 6.45) is 1.81. The second-order valence-electron chi connectivity index (χ2n) is 6.41. The molecule has 3 heterocycles. The fraction of sp³-hybridized carbons (Fsp3) is 0.316. The zero-order valence-corrected chi connectivity index (χ0v) is 14.7. The van der Waals surface area contributed by atoms with Gasteiger partial charge >= 0.3 is 11.9 Å². The number of nitrogens with zero attached hydrogens (tertiary/aromatic N) is 1. The molecule has 140 valence electrons. The molecule has 0 saturated carbocycles. The Labute approximate surface area is 155 Å². The summed E-state index contributed by atoms with van der Waals surface area (Å²) in [7, 11) is 1.25. The second-order valence-corrected chi connectivity index (χ2v) is 6.41. The summed E-state index contributed by atoms with van der Waals surface area (Å²) < 4.78 is 15.1. The first-order valence-corrected chi connectivity index (χ1v) is 8.62. The van der Waals surface area contributed by atoms with Crippen molar-refractivity contribution < 1.29 is 28.3 Å². The summed E-state index contributed by atoms with van der Waals surface area (Å²) in [5.41, 5.74) is 1.85. The van der Waals surface area contributed by atoms with E-state index in [-0.39, 0.29) is 24.3 Å². The summed E-state index contributed by atoms with van der Waals surface area (Å²) >= 11 is 0. The molecule has 0 unspecified atom stereocenters.